The molecular formula is C12H16O3. The van der Waals surface area contributed by atoms with E-state index >= 15 is 0 Å². The maximum Gasteiger partial charge on any atom is 0.308 e. The summed E-state index contributed by atoms with van der Waals surface area (Å²) < 4.78 is 4.93. The molecule has 0 radical (unpaired) electrons. The van der Waals surface area contributed by atoms with Crippen LogP contribution >= 0.6 is 0 Å². The van der Waals surface area contributed by atoms with Gasteiger partial charge in [0.2, 0.25) is 0 Å². The van der Waals surface area contributed by atoms with E-state index in [9.17, 15) is 9.90 Å². The maximum atomic E-state index is 11.1. The van der Waals surface area contributed by atoms with Gasteiger partial charge >= 0.3 is 5.97 Å². The third-order valence-electron chi connectivity index (χ3n) is 2.04. The van der Waals surface area contributed by atoms with Crippen molar-refractivity contribution in [1.29, 1.82) is 0 Å². The van der Waals surface area contributed by atoms with Gasteiger partial charge < -0.3 is 9.84 Å². The van der Waals surface area contributed by atoms with E-state index in [0.717, 1.165) is 5.56 Å². The number of hydrogen-bond acceptors (Lipinski definition) is 3. The van der Waals surface area contributed by atoms with E-state index < -0.39 is 6.10 Å². The number of rotatable bonds is 4. The number of ether oxygens (including phenoxy) is 1. The molecule has 1 N–H and O–H groups in total. The number of hydrogen-bond donors (Lipinski definition) is 1. The number of benzene rings is 1. The van der Waals surface area contributed by atoms with Gasteiger partial charge in [-0.2, -0.15) is 0 Å². The van der Waals surface area contributed by atoms with Crippen LogP contribution in [0.15, 0.2) is 30.3 Å². The lowest BCUT2D eigenvalue weighted by Gasteiger charge is -2.12. The Bertz CT molecular complexity index is 306. The topological polar surface area (TPSA) is 46.5 Å². The van der Waals surface area contributed by atoms with Crippen molar-refractivity contribution in [3.05, 3.63) is 35.9 Å². The van der Waals surface area contributed by atoms with Crippen molar-refractivity contribution in [1.82, 2.24) is 0 Å². The minimum atomic E-state index is -0.742. The molecule has 15 heavy (non-hydrogen) atoms. The summed E-state index contributed by atoms with van der Waals surface area (Å²) in [7, 11) is 0. The maximum absolute atomic E-state index is 11.1. The van der Waals surface area contributed by atoms with Gasteiger partial charge in [0.05, 0.1) is 5.92 Å². The van der Waals surface area contributed by atoms with Gasteiger partial charge in [-0.15, -0.1) is 0 Å². The molecule has 1 rings (SSSR count). The molecular weight excluding hydrogens is 192 g/mol. The van der Waals surface area contributed by atoms with Crippen LogP contribution in [0.4, 0.5) is 0 Å². The first-order valence-electron chi connectivity index (χ1n) is 5.01. The van der Waals surface area contributed by atoms with Gasteiger partial charge in [-0.25, -0.2) is 0 Å². The van der Waals surface area contributed by atoms with E-state index in [-0.39, 0.29) is 18.5 Å². The first kappa shape index (κ1) is 11.7. The zero-order valence-electron chi connectivity index (χ0n) is 9.01. The first-order chi connectivity index (χ1) is 7.11. The first-order valence-corrected chi connectivity index (χ1v) is 5.01. The molecule has 1 atom stereocenters. The van der Waals surface area contributed by atoms with Crippen LogP contribution in [-0.4, -0.2) is 17.7 Å². The molecule has 0 heterocycles. The fraction of sp³-hybridized carbons (Fsp3) is 0.417. The van der Waals surface area contributed by atoms with Crippen LogP contribution in [0, 0.1) is 5.92 Å². The van der Waals surface area contributed by atoms with Crippen LogP contribution in [0.2, 0.25) is 0 Å². The van der Waals surface area contributed by atoms with E-state index in [1.165, 1.54) is 0 Å². The molecule has 0 spiro atoms. The molecule has 0 aliphatic rings. The molecule has 0 saturated carbocycles. The number of aliphatic hydroxyl groups is 1. The molecule has 0 aliphatic carbocycles. The standard InChI is InChI=1S/C12H16O3/c1-9(2)12(14)15-8-11(13)10-6-4-3-5-7-10/h3-7,9,11,13H,8H2,1-2H3. The molecule has 1 aromatic carbocycles. The van der Waals surface area contributed by atoms with Crippen molar-refractivity contribution in [2.75, 3.05) is 6.61 Å². The number of aliphatic hydroxyl groups excluding tert-OH is 1. The number of esters is 1. The molecule has 1 aromatic rings. The summed E-state index contributed by atoms with van der Waals surface area (Å²) in [6, 6.07) is 9.14. The highest BCUT2D eigenvalue weighted by molar-refractivity contribution is 5.71. The summed E-state index contributed by atoms with van der Waals surface area (Å²) in [5.41, 5.74) is 0.758. The highest BCUT2D eigenvalue weighted by Gasteiger charge is 2.12. The van der Waals surface area contributed by atoms with Crippen LogP contribution in [-0.2, 0) is 9.53 Å². The average molecular weight is 208 g/mol. The monoisotopic (exact) mass is 208 g/mol. The highest BCUT2D eigenvalue weighted by Crippen LogP contribution is 2.12. The Kier molecular flexibility index (Phi) is 4.31. The lowest BCUT2D eigenvalue weighted by molar-refractivity contribution is -0.150. The van der Waals surface area contributed by atoms with Crippen LogP contribution in [0.5, 0.6) is 0 Å². The van der Waals surface area contributed by atoms with E-state index in [1.54, 1.807) is 26.0 Å². The Morgan fingerprint density at radius 1 is 1.33 bits per heavy atom. The molecule has 0 amide bonds. The smallest absolute Gasteiger partial charge is 0.308 e. The lowest BCUT2D eigenvalue weighted by atomic mass is 10.1. The predicted molar refractivity (Wildman–Crippen MR) is 57.2 cm³/mol. The quantitative estimate of drug-likeness (QED) is 0.769. The summed E-state index contributed by atoms with van der Waals surface area (Å²) in [6.07, 6.45) is -0.742. The number of carbonyl (C=O) groups is 1. The summed E-state index contributed by atoms with van der Waals surface area (Å²) in [5.74, 6) is -0.446. The SMILES string of the molecule is CC(C)C(=O)OCC(O)c1ccccc1. The third kappa shape index (κ3) is 3.72. The van der Waals surface area contributed by atoms with Crippen LogP contribution in [0.3, 0.4) is 0 Å². The van der Waals surface area contributed by atoms with Crippen molar-refractivity contribution in [2.45, 2.75) is 20.0 Å². The van der Waals surface area contributed by atoms with Crippen LogP contribution in [0.1, 0.15) is 25.5 Å². The van der Waals surface area contributed by atoms with E-state index in [0.29, 0.717) is 0 Å². The summed E-state index contributed by atoms with van der Waals surface area (Å²) in [4.78, 5) is 11.1. The van der Waals surface area contributed by atoms with Gasteiger partial charge in [0, 0.05) is 0 Å². The van der Waals surface area contributed by atoms with Crippen molar-refractivity contribution in [3.8, 4) is 0 Å². The van der Waals surface area contributed by atoms with Gasteiger partial charge in [0.15, 0.2) is 0 Å². The molecule has 1 unspecified atom stereocenters. The second-order valence-corrected chi connectivity index (χ2v) is 3.71. The fourth-order valence-electron chi connectivity index (χ4n) is 1.10. The molecule has 0 aromatic heterocycles. The average Bonchev–Trinajstić information content (AvgIpc) is 2.26. The molecule has 3 heteroatoms. The second kappa shape index (κ2) is 5.51. The summed E-state index contributed by atoms with van der Waals surface area (Å²) in [5, 5.41) is 9.67. The molecule has 0 aliphatic heterocycles. The zero-order chi connectivity index (χ0) is 11.3. The van der Waals surface area contributed by atoms with Crippen molar-refractivity contribution < 1.29 is 14.6 Å². The van der Waals surface area contributed by atoms with E-state index in [1.807, 2.05) is 18.2 Å². The Hall–Kier alpha value is -1.35. The minimum absolute atomic E-state index is 0.0149. The van der Waals surface area contributed by atoms with Crippen LogP contribution < -0.4 is 0 Å². The Morgan fingerprint density at radius 2 is 1.93 bits per heavy atom. The van der Waals surface area contributed by atoms with Crippen molar-refractivity contribution >= 4 is 5.97 Å². The summed E-state index contributed by atoms with van der Waals surface area (Å²) in [6.45, 7) is 3.54. The van der Waals surface area contributed by atoms with Gasteiger partial charge in [-0.1, -0.05) is 44.2 Å². The van der Waals surface area contributed by atoms with Crippen molar-refractivity contribution in [3.63, 3.8) is 0 Å². The Balaban J connectivity index is 2.44. The molecule has 0 fully saturated rings. The molecule has 0 bridgehead atoms. The van der Waals surface area contributed by atoms with E-state index in [4.69, 9.17) is 4.74 Å². The molecule has 3 nitrogen and oxygen atoms in total. The van der Waals surface area contributed by atoms with Gasteiger partial charge in [0.25, 0.3) is 0 Å². The van der Waals surface area contributed by atoms with Gasteiger partial charge in [0.1, 0.15) is 12.7 Å². The third-order valence-corrected chi connectivity index (χ3v) is 2.04. The van der Waals surface area contributed by atoms with Crippen LogP contribution in [0.25, 0.3) is 0 Å². The molecule has 0 saturated heterocycles. The predicted octanol–water partition coefficient (Wildman–Crippen LogP) is 1.92. The lowest BCUT2D eigenvalue weighted by Crippen LogP contribution is -2.16. The van der Waals surface area contributed by atoms with Gasteiger partial charge in [-0.05, 0) is 5.56 Å². The Labute approximate surface area is 89.7 Å². The second-order valence-electron chi connectivity index (χ2n) is 3.71. The highest BCUT2D eigenvalue weighted by atomic mass is 16.5. The number of carbonyl (C=O) groups excluding carboxylic acids is 1. The fourth-order valence-corrected chi connectivity index (χ4v) is 1.10. The van der Waals surface area contributed by atoms with Gasteiger partial charge in [-0.3, -0.25) is 4.79 Å². The zero-order valence-corrected chi connectivity index (χ0v) is 9.01. The van der Waals surface area contributed by atoms with Crippen molar-refractivity contribution in [2.24, 2.45) is 5.92 Å². The Morgan fingerprint density at radius 3 is 2.47 bits per heavy atom. The molecule has 82 valence electrons. The normalized spacial score (nSPS) is 12.5. The largest absolute Gasteiger partial charge is 0.462 e. The van der Waals surface area contributed by atoms with E-state index in [2.05, 4.69) is 0 Å². The summed E-state index contributed by atoms with van der Waals surface area (Å²) >= 11 is 0. The minimum Gasteiger partial charge on any atom is -0.462 e.